The minimum atomic E-state index is 0.608. The lowest BCUT2D eigenvalue weighted by Crippen LogP contribution is -1.99. The zero-order valence-electron chi connectivity index (χ0n) is 7.55. The van der Waals surface area contributed by atoms with Crippen molar-refractivity contribution >= 4 is 0 Å². The fraction of sp³-hybridized carbons (Fsp3) is 0.556. The van der Waals surface area contributed by atoms with Gasteiger partial charge in [0.25, 0.3) is 0 Å². The van der Waals surface area contributed by atoms with Gasteiger partial charge in [0.15, 0.2) is 0 Å². The molecule has 0 aliphatic carbocycles. The van der Waals surface area contributed by atoms with E-state index in [1.807, 2.05) is 19.1 Å². The van der Waals surface area contributed by atoms with E-state index in [2.05, 4.69) is 6.92 Å². The fourth-order valence-electron chi connectivity index (χ4n) is 0.633. The van der Waals surface area contributed by atoms with Gasteiger partial charge in [0.2, 0.25) is 0 Å². The van der Waals surface area contributed by atoms with Crippen LogP contribution in [0.4, 0.5) is 0 Å². The first-order valence-corrected chi connectivity index (χ1v) is 3.85. The first kappa shape index (κ1) is 10.2. The van der Waals surface area contributed by atoms with Crippen LogP contribution in [-0.2, 0) is 4.74 Å². The first-order chi connectivity index (χ1) is 5.24. The van der Waals surface area contributed by atoms with Gasteiger partial charge in [-0.05, 0) is 13.0 Å². The highest BCUT2D eigenvalue weighted by atomic mass is 16.5. The number of ether oxygens (including phenoxy) is 1. The number of nitrogens with two attached hydrogens (primary N) is 1. The number of methoxy groups -OCH3 is 1. The van der Waals surface area contributed by atoms with Crippen molar-refractivity contribution in [3.8, 4) is 0 Å². The van der Waals surface area contributed by atoms with Crippen LogP contribution < -0.4 is 5.73 Å². The van der Waals surface area contributed by atoms with Crippen LogP contribution in [-0.4, -0.2) is 13.7 Å². The molecule has 2 nitrogen and oxygen atoms in total. The molecule has 0 saturated carbocycles. The van der Waals surface area contributed by atoms with Crippen LogP contribution in [0.5, 0.6) is 0 Å². The van der Waals surface area contributed by atoms with Gasteiger partial charge in [0.05, 0.1) is 12.9 Å². The minimum Gasteiger partial charge on any atom is -0.501 e. The third-order valence-corrected chi connectivity index (χ3v) is 1.49. The van der Waals surface area contributed by atoms with Crippen molar-refractivity contribution < 1.29 is 4.74 Å². The number of hydrogen-bond acceptors (Lipinski definition) is 2. The van der Waals surface area contributed by atoms with Crippen molar-refractivity contribution in [1.29, 1.82) is 0 Å². The second kappa shape index (κ2) is 5.98. The van der Waals surface area contributed by atoms with Crippen LogP contribution in [0.25, 0.3) is 0 Å². The van der Waals surface area contributed by atoms with Crippen LogP contribution in [0.1, 0.15) is 20.3 Å². The Bertz CT molecular complexity index is 153. The highest BCUT2D eigenvalue weighted by Crippen LogP contribution is 2.01. The predicted molar refractivity (Wildman–Crippen MR) is 48.2 cm³/mol. The van der Waals surface area contributed by atoms with Gasteiger partial charge < -0.3 is 10.5 Å². The molecule has 0 saturated heterocycles. The van der Waals surface area contributed by atoms with E-state index in [1.54, 1.807) is 7.11 Å². The summed E-state index contributed by atoms with van der Waals surface area (Å²) in [5.74, 6) is 0.984. The summed E-state index contributed by atoms with van der Waals surface area (Å²) in [7, 11) is 1.68. The molecule has 0 atom stereocenters. The molecule has 2 heteroatoms. The summed E-state index contributed by atoms with van der Waals surface area (Å²) in [4.78, 5) is 0. The Morgan fingerprint density at radius 1 is 1.45 bits per heavy atom. The SMILES string of the molecule is CC/C(=C\C=C(/C)CN)OC. The molecule has 11 heavy (non-hydrogen) atoms. The monoisotopic (exact) mass is 155 g/mol. The molecule has 0 bridgehead atoms. The van der Waals surface area contributed by atoms with Crippen molar-refractivity contribution in [2.45, 2.75) is 20.3 Å². The van der Waals surface area contributed by atoms with E-state index >= 15 is 0 Å². The summed E-state index contributed by atoms with van der Waals surface area (Å²) in [5, 5.41) is 0. The topological polar surface area (TPSA) is 35.2 Å². The van der Waals surface area contributed by atoms with Crippen LogP contribution in [0.3, 0.4) is 0 Å². The zero-order valence-corrected chi connectivity index (χ0v) is 7.55. The van der Waals surface area contributed by atoms with Gasteiger partial charge in [-0.1, -0.05) is 18.6 Å². The molecule has 0 spiro atoms. The maximum Gasteiger partial charge on any atom is 0.0952 e. The Labute approximate surface area is 68.7 Å². The molecule has 0 aliphatic rings. The van der Waals surface area contributed by atoms with Crippen molar-refractivity contribution in [1.82, 2.24) is 0 Å². The van der Waals surface area contributed by atoms with Crippen molar-refractivity contribution in [2.24, 2.45) is 5.73 Å². The van der Waals surface area contributed by atoms with E-state index in [0.29, 0.717) is 6.54 Å². The number of allylic oxidation sites excluding steroid dienone is 3. The van der Waals surface area contributed by atoms with E-state index in [4.69, 9.17) is 10.5 Å². The Kier molecular flexibility index (Phi) is 5.57. The average Bonchev–Trinajstić information content (AvgIpc) is 2.06. The van der Waals surface area contributed by atoms with Crippen molar-refractivity contribution in [2.75, 3.05) is 13.7 Å². The summed E-state index contributed by atoms with van der Waals surface area (Å²) in [6, 6.07) is 0. The maximum atomic E-state index is 5.40. The average molecular weight is 155 g/mol. The molecule has 64 valence electrons. The summed E-state index contributed by atoms with van der Waals surface area (Å²) >= 11 is 0. The van der Waals surface area contributed by atoms with E-state index < -0.39 is 0 Å². The third kappa shape index (κ3) is 4.62. The second-order valence-electron chi connectivity index (χ2n) is 2.41. The lowest BCUT2D eigenvalue weighted by molar-refractivity contribution is 0.281. The van der Waals surface area contributed by atoms with Crippen molar-refractivity contribution in [3.05, 3.63) is 23.5 Å². The van der Waals surface area contributed by atoms with Crippen LogP contribution in [0.15, 0.2) is 23.5 Å². The molecule has 0 aliphatic heterocycles. The molecular formula is C9H17NO. The van der Waals surface area contributed by atoms with Gasteiger partial charge in [0.1, 0.15) is 0 Å². The normalized spacial score (nSPS) is 13.5. The minimum absolute atomic E-state index is 0.608. The molecule has 0 radical (unpaired) electrons. The molecule has 0 aromatic heterocycles. The van der Waals surface area contributed by atoms with Gasteiger partial charge in [-0.15, -0.1) is 0 Å². The zero-order chi connectivity index (χ0) is 8.69. The highest BCUT2D eigenvalue weighted by molar-refractivity contribution is 5.13. The van der Waals surface area contributed by atoms with Gasteiger partial charge in [-0.2, -0.15) is 0 Å². The second-order valence-corrected chi connectivity index (χ2v) is 2.41. The molecule has 0 aromatic rings. The van der Waals surface area contributed by atoms with Crippen LogP contribution >= 0.6 is 0 Å². The maximum absolute atomic E-state index is 5.40. The van der Waals surface area contributed by atoms with E-state index in [9.17, 15) is 0 Å². The Morgan fingerprint density at radius 3 is 2.45 bits per heavy atom. The standard InChI is InChI=1S/C9H17NO/c1-4-9(11-3)6-5-8(2)7-10/h5-6H,4,7,10H2,1-3H3/b8-5+,9-6+. The Hall–Kier alpha value is -0.760. The molecular weight excluding hydrogens is 138 g/mol. The first-order valence-electron chi connectivity index (χ1n) is 3.85. The fourth-order valence-corrected chi connectivity index (χ4v) is 0.633. The van der Waals surface area contributed by atoms with E-state index in [0.717, 1.165) is 17.8 Å². The summed E-state index contributed by atoms with van der Waals surface area (Å²) in [6.45, 7) is 4.66. The molecule has 0 rings (SSSR count). The van der Waals surface area contributed by atoms with Gasteiger partial charge >= 0.3 is 0 Å². The Morgan fingerprint density at radius 2 is 2.09 bits per heavy atom. The summed E-state index contributed by atoms with van der Waals surface area (Å²) < 4.78 is 5.07. The third-order valence-electron chi connectivity index (χ3n) is 1.49. The van der Waals surface area contributed by atoms with Crippen LogP contribution in [0.2, 0.25) is 0 Å². The molecule has 0 amide bonds. The lowest BCUT2D eigenvalue weighted by atomic mass is 10.2. The van der Waals surface area contributed by atoms with E-state index in [-0.39, 0.29) is 0 Å². The van der Waals surface area contributed by atoms with Crippen LogP contribution in [0, 0.1) is 0 Å². The quantitative estimate of drug-likeness (QED) is 0.496. The molecule has 2 N–H and O–H groups in total. The highest BCUT2D eigenvalue weighted by Gasteiger charge is 1.87. The number of hydrogen-bond donors (Lipinski definition) is 1. The predicted octanol–water partition coefficient (Wildman–Crippen LogP) is 1.83. The van der Waals surface area contributed by atoms with E-state index in [1.165, 1.54) is 0 Å². The summed E-state index contributed by atoms with van der Waals surface area (Å²) in [5.41, 5.74) is 6.56. The number of rotatable bonds is 4. The lowest BCUT2D eigenvalue weighted by Gasteiger charge is -2.00. The summed E-state index contributed by atoms with van der Waals surface area (Å²) in [6.07, 6.45) is 4.87. The Balaban J connectivity index is 4.06. The molecule has 0 heterocycles. The molecule has 0 fully saturated rings. The van der Waals surface area contributed by atoms with Gasteiger partial charge in [-0.3, -0.25) is 0 Å². The van der Waals surface area contributed by atoms with Gasteiger partial charge in [-0.25, -0.2) is 0 Å². The van der Waals surface area contributed by atoms with Gasteiger partial charge in [0, 0.05) is 13.0 Å². The molecule has 0 aromatic carbocycles. The van der Waals surface area contributed by atoms with Crippen molar-refractivity contribution in [3.63, 3.8) is 0 Å². The molecule has 0 unspecified atom stereocenters. The smallest absolute Gasteiger partial charge is 0.0952 e. The largest absolute Gasteiger partial charge is 0.501 e.